The van der Waals surface area contributed by atoms with Crippen molar-refractivity contribution in [1.82, 2.24) is 10.2 Å². The first kappa shape index (κ1) is 21.9. The number of alkyl carbamates (subject to hydrolysis) is 1. The fourth-order valence-corrected chi connectivity index (χ4v) is 3.74. The van der Waals surface area contributed by atoms with E-state index in [0.29, 0.717) is 11.3 Å². The van der Waals surface area contributed by atoms with Crippen LogP contribution in [0.5, 0.6) is 0 Å². The summed E-state index contributed by atoms with van der Waals surface area (Å²) in [5.74, 6) is -1.45. The Kier molecular flexibility index (Phi) is 6.21. The number of carbonyl (C=O) groups excluding carboxylic acids is 4. The molecule has 162 valence electrons. The molecule has 3 amide bonds. The van der Waals surface area contributed by atoms with Gasteiger partial charge in [-0.25, -0.2) is 4.79 Å². The molecule has 30 heavy (non-hydrogen) atoms. The summed E-state index contributed by atoms with van der Waals surface area (Å²) in [5.41, 5.74) is -0.0350. The number of para-hydroxylation sites is 1. The van der Waals surface area contributed by atoms with E-state index in [9.17, 15) is 19.2 Å². The Balaban J connectivity index is 1.86. The van der Waals surface area contributed by atoms with Crippen molar-refractivity contribution < 1.29 is 28.7 Å². The van der Waals surface area contributed by atoms with Gasteiger partial charge in [-0.1, -0.05) is 23.7 Å². The maximum Gasteiger partial charge on any atom is 0.407 e. The highest BCUT2D eigenvalue weighted by atomic mass is 35.5. The summed E-state index contributed by atoms with van der Waals surface area (Å²) in [7, 11) is 0. The lowest BCUT2D eigenvalue weighted by Crippen LogP contribution is -2.46. The van der Waals surface area contributed by atoms with E-state index in [1.54, 1.807) is 45.0 Å². The van der Waals surface area contributed by atoms with Gasteiger partial charge in [0.2, 0.25) is 5.91 Å². The third-order valence-corrected chi connectivity index (χ3v) is 4.87. The van der Waals surface area contributed by atoms with Crippen molar-refractivity contribution in [2.75, 3.05) is 24.1 Å². The standard InChI is InChI=1S/C20H24ClN3O6/c1-20(2,3)30-19(28)22-12-8-15-18(27)24(10-16(25)29-11-21)14-7-5-4-6-13(14)17(26)23(15)9-12/h4-7,12,15H,8-11H2,1-3H3,(H,22,28)/t12?,15-/m0/s1. The smallest absolute Gasteiger partial charge is 0.407 e. The van der Waals surface area contributed by atoms with Gasteiger partial charge in [-0.15, -0.1) is 0 Å². The number of fused-ring (bicyclic) bond motifs is 2. The van der Waals surface area contributed by atoms with E-state index in [1.165, 1.54) is 9.80 Å². The van der Waals surface area contributed by atoms with Gasteiger partial charge in [0, 0.05) is 6.54 Å². The molecule has 0 bridgehead atoms. The van der Waals surface area contributed by atoms with Gasteiger partial charge in [-0.05, 0) is 39.3 Å². The minimum absolute atomic E-state index is 0.156. The van der Waals surface area contributed by atoms with Crippen molar-refractivity contribution in [3.63, 3.8) is 0 Å². The number of amides is 3. The van der Waals surface area contributed by atoms with E-state index >= 15 is 0 Å². The number of esters is 1. The summed E-state index contributed by atoms with van der Waals surface area (Å²) in [5, 5.41) is 2.72. The number of benzene rings is 1. The molecular formula is C20H24ClN3O6. The average Bonchev–Trinajstić information content (AvgIpc) is 3.04. The Morgan fingerprint density at radius 3 is 2.60 bits per heavy atom. The van der Waals surface area contributed by atoms with Crippen LogP contribution in [0.3, 0.4) is 0 Å². The number of anilines is 1. The molecule has 0 saturated carbocycles. The molecule has 10 heteroatoms. The number of hydrogen-bond donors (Lipinski definition) is 1. The Hall–Kier alpha value is -2.81. The lowest BCUT2D eigenvalue weighted by Gasteiger charge is -2.24. The number of hydrogen-bond acceptors (Lipinski definition) is 6. The topological polar surface area (TPSA) is 105 Å². The van der Waals surface area contributed by atoms with Crippen LogP contribution in [0.15, 0.2) is 24.3 Å². The molecule has 2 heterocycles. The fourth-order valence-electron chi connectivity index (χ4n) is 3.62. The molecule has 0 aliphatic carbocycles. The van der Waals surface area contributed by atoms with E-state index in [-0.39, 0.29) is 31.5 Å². The van der Waals surface area contributed by atoms with E-state index in [0.717, 1.165) is 0 Å². The van der Waals surface area contributed by atoms with Crippen LogP contribution in [0.2, 0.25) is 0 Å². The van der Waals surface area contributed by atoms with E-state index in [1.807, 2.05) is 0 Å². The number of alkyl halides is 1. The van der Waals surface area contributed by atoms with Crippen LogP contribution < -0.4 is 10.2 Å². The van der Waals surface area contributed by atoms with Gasteiger partial charge in [0.05, 0.1) is 17.3 Å². The zero-order valence-electron chi connectivity index (χ0n) is 17.0. The molecule has 1 aromatic carbocycles. The minimum atomic E-state index is -0.825. The first-order valence-corrected chi connectivity index (χ1v) is 10.1. The lowest BCUT2D eigenvalue weighted by molar-refractivity contribution is -0.141. The SMILES string of the molecule is CC(C)(C)OC(=O)NC1C[C@H]2C(=O)N(CC(=O)OCCl)c3ccccc3C(=O)N2C1. The third kappa shape index (κ3) is 4.67. The molecular weight excluding hydrogens is 414 g/mol. The van der Waals surface area contributed by atoms with Crippen molar-refractivity contribution in [2.24, 2.45) is 0 Å². The van der Waals surface area contributed by atoms with Gasteiger partial charge >= 0.3 is 12.1 Å². The number of nitrogens with one attached hydrogen (secondary N) is 1. The minimum Gasteiger partial charge on any atom is -0.448 e. The fraction of sp³-hybridized carbons (Fsp3) is 0.500. The van der Waals surface area contributed by atoms with Crippen molar-refractivity contribution in [1.29, 1.82) is 0 Å². The highest BCUT2D eigenvalue weighted by Crippen LogP contribution is 2.32. The molecule has 2 atom stereocenters. The van der Waals surface area contributed by atoms with E-state index in [2.05, 4.69) is 5.32 Å². The molecule has 0 spiro atoms. The molecule has 1 unspecified atom stereocenters. The summed E-state index contributed by atoms with van der Waals surface area (Å²) >= 11 is 5.45. The lowest BCUT2D eigenvalue weighted by atomic mass is 10.1. The summed E-state index contributed by atoms with van der Waals surface area (Å²) in [4.78, 5) is 53.2. The number of halogens is 1. The van der Waals surface area contributed by atoms with Gasteiger partial charge in [0.1, 0.15) is 18.2 Å². The van der Waals surface area contributed by atoms with Crippen LogP contribution >= 0.6 is 11.6 Å². The van der Waals surface area contributed by atoms with Gasteiger partial charge in [0.25, 0.3) is 5.91 Å². The zero-order valence-corrected chi connectivity index (χ0v) is 17.8. The van der Waals surface area contributed by atoms with Gasteiger partial charge in [-0.2, -0.15) is 0 Å². The van der Waals surface area contributed by atoms with E-state index < -0.39 is 35.7 Å². The van der Waals surface area contributed by atoms with Crippen molar-refractivity contribution in [3.05, 3.63) is 29.8 Å². The molecule has 2 aliphatic heterocycles. The van der Waals surface area contributed by atoms with E-state index in [4.69, 9.17) is 21.1 Å². The summed E-state index contributed by atoms with van der Waals surface area (Å²) in [6, 6.07) is 4.96. The first-order chi connectivity index (χ1) is 14.1. The number of carbonyl (C=O) groups is 4. The number of rotatable bonds is 4. The maximum absolute atomic E-state index is 13.3. The Labute approximate surface area is 179 Å². The van der Waals surface area contributed by atoms with Crippen LogP contribution in [-0.2, 0) is 19.1 Å². The molecule has 1 saturated heterocycles. The first-order valence-electron chi connectivity index (χ1n) is 9.53. The highest BCUT2D eigenvalue weighted by molar-refractivity contribution is 6.17. The molecule has 1 N–H and O–H groups in total. The van der Waals surface area contributed by atoms with Gasteiger partial charge < -0.3 is 19.7 Å². The second-order valence-corrected chi connectivity index (χ2v) is 8.34. The van der Waals surface area contributed by atoms with Crippen LogP contribution in [0, 0.1) is 0 Å². The molecule has 1 aromatic rings. The largest absolute Gasteiger partial charge is 0.448 e. The van der Waals surface area contributed by atoms with Crippen molar-refractivity contribution in [2.45, 2.75) is 44.9 Å². The molecule has 9 nitrogen and oxygen atoms in total. The molecule has 0 aromatic heterocycles. The molecule has 0 radical (unpaired) electrons. The number of nitrogens with zero attached hydrogens (tertiary/aromatic N) is 2. The second-order valence-electron chi connectivity index (χ2n) is 8.12. The van der Waals surface area contributed by atoms with Crippen molar-refractivity contribution in [3.8, 4) is 0 Å². The Morgan fingerprint density at radius 2 is 1.93 bits per heavy atom. The Bertz CT molecular complexity index is 868. The monoisotopic (exact) mass is 437 g/mol. The summed E-state index contributed by atoms with van der Waals surface area (Å²) < 4.78 is 10.0. The quantitative estimate of drug-likeness (QED) is 0.569. The average molecular weight is 438 g/mol. The summed E-state index contributed by atoms with van der Waals surface area (Å²) in [6.45, 7) is 5.02. The van der Waals surface area contributed by atoms with Crippen LogP contribution in [0.1, 0.15) is 37.6 Å². The highest BCUT2D eigenvalue weighted by Gasteiger charge is 2.46. The molecule has 3 rings (SSSR count). The summed E-state index contributed by atoms with van der Waals surface area (Å²) in [6.07, 6.45) is -0.410. The van der Waals surface area contributed by atoms with Gasteiger partial charge in [0.15, 0.2) is 6.07 Å². The van der Waals surface area contributed by atoms with Crippen LogP contribution in [0.25, 0.3) is 0 Å². The maximum atomic E-state index is 13.3. The second kappa shape index (κ2) is 8.51. The zero-order chi connectivity index (χ0) is 22.1. The van der Waals surface area contributed by atoms with Crippen molar-refractivity contribution >= 4 is 41.2 Å². The predicted octanol–water partition coefficient (Wildman–Crippen LogP) is 1.88. The van der Waals surface area contributed by atoms with Crippen LogP contribution in [0.4, 0.5) is 10.5 Å². The van der Waals surface area contributed by atoms with Gasteiger partial charge in [-0.3, -0.25) is 19.3 Å². The third-order valence-electron chi connectivity index (χ3n) is 4.76. The normalized spacial score (nSPS) is 20.9. The van der Waals surface area contributed by atoms with Crippen LogP contribution in [-0.4, -0.2) is 65.6 Å². The predicted molar refractivity (Wildman–Crippen MR) is 108 cm³/mol. The Morgan fingerprint density at radius 1 is 1.23 bits per heavy atom. The number of ether oxygens (including phenoxy) is 2. The molecule has 1 fully saturated rings. The molecule has 2 aliphatic rings.